The second-order valence-corrected chi connectivity index (χ2v) is 6.18. The van der Waals surface area contributed by atoms with Gasteiger partial charge in [0.25, 0.3) is 0 Å². The van der Waals surface area contributed by atoms with Crippen molar-refractivity contribution in [1.29, 1.82) is 0 Å². The number of nitrogens with zero attached hydrogens (tertiary/aromatic N) is 3. The van der Waals surface area contributed by atoms with Gasteiger partial charge in [0.05, 0.1) is 6.42 Å². The molecule has 0 radical (unpaired) electrons. The van der Waals surface area contributed by atoms with Crippen molar-refractivity contribution in [1.82, 2.24) is 9.88 Å². The Morgan fingerprint density at radius 3 is 2.83 bits per heavy atom. The second-order valence-electron chi connectivity index (χ2n) is 6.18. The SMILES string of the molecule is Cc1cc(N2CCCN(C(=O)Cc3cccc(F)c3)CC2)ccn1. The number of pyridine rings is 1. The molecule has 1 aliphatic heterocycles. The normalized spacial score (nSPS) is 15.2. The number of carbonyl (C=O) groups excluding carboxylic acids is 1. The number of aromatic nitrogens is 1. The first-order valence-corrected chi connectivity index (χ1v) is 8.31. The fourth-order valence-corrected chi connectivity index (χ4v) is 3.09. The summed E-state index contributed by atoms with van der Waals surface area (Å²) in [5, 5.41) is 0. The smallest absolute Gasteiger partial charge is 0.227 e. The number of aryl methyl sites for hydroxylation is 1. The predicted octanol–water partition coefficient (Wildman–Crippen LogP) is 2.81. The summed E-state index contributed by atoms with van der Waals surface area (Å²) in [6.45, 7) is 5.14. The van der Waals surface area contributed by atoms with Crippen LogP contribution in [0.2, 0.25) is 0 Å². The van der Waals surface area contributed by atoms with Crippen LogP contribution in [-0.4, -0.2) is 42.0 Å². The molecule has 4 nitrogen and oxygen atoms in total. The van der Waals surface area contributed by atoms with Crippen LogP contribution in [0.1, 0.15) is 17.7 Å². The Morgan fingerprint density at radius 2 is 2.04 bits per heavy atom. The minimum atomic E-state index is -0.296. The minimum Gasteiger partial charge on any atom is -0.370 e. The fourth-order valence-electron chi connectivity index (χ4n) is 3.09. The summed E-state index contributed by atoms with van der Waals surface area (Å²) in [6, 6.07) is 10.4. The molecule has 0 aliphatic carbocycles. The maximum atomic E-state index is 13.3. The fraction of sp³-hybridized carbons (Fsp3) is 0.368. The Kier molecular flexibility index (Phi) is 5.08. The van der Waals surface area contributed by atoms with Crippen LogP contribution < -0.4 is 4.90 Å². The number of benzene rings is 1. The van der Waals surface area contributed by atoms with Gasteiger partial charge in [0, 0.05) is 43.8 Å². The molecular weight excluding hydrogens is 305 g/mol. The first kappa shape index (κ1) is 16.4. The van der Waals surface area contributed by atoms with E-state index in [4.69, 9.17) is 0 Å². The summed E-state index contributed by atoms with van der Waals surface area (Å²) in [7, 11) is 0. The van der Waals surface area contributed by atoms with Gasteiger partial charge >= 0.3 is 0 Å². The molecule has 0 atom stereocenters. The van der Waals surface area contributed by atoms with Gasteiger partial charge in [-0.3, -0.25) is 9.78 Å². The molecule has 24 heavy (non-hydrogen) atoms. The molecule has 1 amide bonds. The Labute approximate surface area is 141 Å². The van der Waals surface area contributed by atoms with Crippen molar-refractivity contribution in [2.45, 2.75) is 19.8 Å². The number of carbonyl (C=O) groups is 1. The zero-order valence-corrected chi connectivity index (χ0v) is 13.9. The van der Waals surface area contributed by atoms with Crippen molar-refractivity contribution in [2.75, 3.05) is 31.1 Å². The van der Waals surface area contributed by atoms with Crippen LogP contribution in [0.5, 0.6) is 0 Å². The van der Waals surface area contributed by atoms with E-state index in [1.165, 1.54) is 12.1 Å². The molecule has 1 saturated heterocycles. The first-order valence-electron chi connectivity index (χ1n) is 8.31. The molecule has 1 fully saturated rings. The standard InChI is InChI=1S/C19H22FN3O/c1-15-12-18(6-7-21-15)22-8-3-9-23(11-10-22)19(24)14-16-4-2-5-17(20)13-16/h2,4-7,12-13H,3,8-11,14H2,1H3. The molecule has 2 aromatic rings. The van der Waals surface area contributed by atoms with Crippen molar-refractivity contribution in [3.05, 3.63) is 59.7 Å². The van der Waals surface area contributed by atoms with Gasteiger partial charge in [-0.05, 0) is 43.2 Å². The van der Waals surface area contributed by atoms with E-state index in [1.54, 1.807) is 12.1 Å². The van der Waals surface area contributed by atoms with Crippen molar-refractivity contribution in [2.24, 2.45) is 0 Å². The monoisotopic (exact) mass is 327 g/mol. The Bertz CT molecular complexity index is 719. The molecule has 126 valence electrons. The highest BCUT2D eigenvalue weighted by Gasteiger charge is 2.19. The maximum absolute atomic E-state index is 13.3. The summed E-state index contributed by atoms with van der Waals surface area (Å²) in [6.07, 6.45) is 3.00. The van der Waals surface area contributed by atoms with Crippen molar-refractivity contribution < 1.29 is 9.18 Å². The molecule has 0 spiro atoms. The number of hydrogen-bond donors (Lipinski definition) is 0. The van der Waals surface area contributed by atoms with Gasteiger partial charge in [-0.25, -0.2) is 4.39 Å². The van der Waals surface area contributed by atoms with E-state index in [1.807, 2.05) is 24.1 Å². The number of anilines is 1. The molecule has 1 aromatic heterocycles. The van der Waals surface area contributed by atoms with Gasteiger partial charge in [-0.15, -0.1) is 0 Å². The quantitative estimate of drug-likeness (QED) is 0.870. The molecule has 1 aromatic carbocycles. The van der Waals surface area contributed by atoms with Gasteiger partial charge in [0.1, 0.15) is 5.82 Å². The number of amides is 1. The van der Waals surface area contributed by atoms with Crippen LogP contribution in [0.15, 0.2) is 42.6 Å². The van der Waals surface area contributed by atoms with E-state index < -0.39 is 0 Å². The number of halogens is 1. The van der Waals surface area contributed by atoms with E-state index in [-0.39, 0.29) is 18.1 Å². The summed E-state index contributed by atoms with van der Waals surface area (Å²) < 4.78 is 13.3. The Balaban J connectivity index is 1.61. The highest BCUT2D eigenvalue weighted by molar-refractivity contribution is 5.78. The molecule has 2 heterocycles. The van der Waals surface area contributed by atoms with Crippen LogP contribution in [-0.2, 0) is 11.2 Å². The summed E-state index contributed by atoms with van der Waals surface area (Å²) in [5.41, 5.74) is 2.88. The van der Waals surface area contributed by atoms with E-state index >= 15 is 0 Å². The lowest BCUT2D eigenvalue weighted by molar-refractivity contribution is -0.130. The first-order chi connectivity index (χ1) is 11.6. The second kappa shape index (κ2) is 7.43. The molecular formula is C19H22FN3O. The highest BCUT2D eigenvalue weighted by Crippen LogP contribution is 2.17. The average molecular weight is 327 g/mol. The third kappa shape index (κ3) is 4.10. The van der Waals surface area contributed by atoms with Crippen LogP contribution in [0.4, 0.5) is 10.1 Å². The van der Waals surface area contributed by atoms with Crippen molar-refractivity contribution in [3.8, 4) is 0 Å². The van der Waals surface area contributed by atoms with E-state index in [9.17, 15) is 9.18 Å². The molecule has 0 saturated carbocycles. The third-order valence-corrected chi connectivity index (χ3v) is 4.34. The average Bonchev–Trinajstić information content (AvgIpc) is 2.81. The molecule has 5 heteroatoms. The van der Waals surface area contributed by atoms with Crippen LogP contribution >= 0.6 is 0 Å². The largest absolute Gasteiger partial charge is 0.370 e. The van der Waals surface area contributed by atoms with Gasteiger partial charge in [0.15, 0.2) is 0 Å². The van der Waals surface area contributed by atoms with Crippen LogP contribution in [0, 0.1) is 12.7 Å². The topological polar surface area (TPSA) is 36.4 Å². The van der Waals surface area contributed by atoms with Crippen molar-refractivity contribution >= 4 is 11.6 Å². The third-order valence-electron chi connectivity index (χ3n) is 4.34. The van der Waals surface area contributed by atoms with Gasteiger partial charge in [-0.2, -0.15) is 0 Å². The molecule has 3 rings (SSSR count). The number of rotatable bonds is 3. The van der Waals surface area contributed by atoms with Crippen molar-refractivity contribution in [3.63, 3.8) is 0 Å². The zero-order chi connectivity index (χ0) is 16.9. The Hall–Kier alpha value is -2.43. The molecule has 0 bridgehead atoms. The zero-order valence-electron chi connectivity index (χ0n) is 13.9. The maximum Gasteiger partial charge on any atom is 0.227 e. The van der Waals surface area contributed by atoms with E-state index in [0.717, 1.165) is 43.0 Å². The van der Waals surface area contributed by atoms with E-state index in [2.05, 4.69) is 16.0 Å². The predicted molar refractivity (Wildman–Crippen MR) is 92.5 cm³/mol. The molecule has 0 unspecified atom stereocenters. The number of hydrogen-bond acceptors (Lipinski definition) is 3. The van der Waals surface area contributed by atoms with E-state index in [0.29, 0.717) is 6.54 Å². The van der Waals surface area contributed by atoms with Gasteiger partial charge in [-0.1, -0.05) is 12.1 Å². The van der Waals surface area contributed by atoms with Gasteiger partial charge < -0.3 is 9.80 Å². The minimum absolute atomic E-state index is 0.0633. The highest BCUT2D eigenvalue weighted by atomic mass is 19.1. The lowest BCUT2D eigenvalue weighted by Gasteiger charge is -2.24. The van der Waals surface area contributed by atoms with Gasteiger partial charge in [0.2, 0.25) is 5.91 Å². The summed E-state index contributed by atoms with van der Waals surface area (Å²) >= 11 is 0. The summed E-state index contributed by atoms with van der Waals surface area (Å²) in [4.78, 5) is 20.9. The van der Waals surface area contributed by atoms with Crippen LogP contribution in [0.25, 0.3) is 0 Å². The lowest BCUT2D eigenvalue weighted by Crippen LogP contribution is -2.36. The molecule has 0 N–H and O–H groups in total. The van der Waals surface area contributed by atoms with Crippen LogP contribution in [0.3, 0.4) is 0 Å². The lowest BCUT2D eigenvalue weighted by atomic mass is 10.1. The summed E-state index contributed by atoms with van der Waals surface area (Å²) in [5.74, 6) is -0.233. The Morgan fingerprint density at radius 1 is 1.17 bits per heavy atom. The molecule has 1 aliphatic rings.